The molecule has 2 aliphatic heterocycles. The predicted octanol–water partition coefficient (Wildman–Crippen LogP) is 2.27. The Morgan fingerprint density at radius 1 is 1.38 bits per heavy atom. The fourth-order valence-electron chi connectivity index (χ4n) is 2.47. The van der Waals surface area contributed by atoms with Crippen molar-refractivity contribution in [2.45, 2.75) is 19.2 Å². The average Bonchev–Trinajstić information content (AvgIpc) is 3.04. The van der Waals surface area contributed by atoms with Gasteiger partial charge in [0.25, 0.3) is 0 Å². The van der Waals surface area contributed by atoms with E-state index >= 15 is 0 Å². The van der Waals surface area contributed by atoms with Crippen LogP contribution >= 0.6 is 0 Å². The van der Waals surface area contributed by atoms with E-state index in [-0.39, 0.29) is 12.1 Å². The summed E-state index contributed by atoms with van der Waals surface area (Å²) in [5.74, 6) is 0.137. The molecule has 1 fully saturated rings. The van der Waals surface area contributed by atoms with Gasteiger partial charge in [-0.25, -0.2) is 0 Å². The van der Waals surface area contributed by atoms with Crippen molar-refractivity contribution in [1.82, 2.24) is 4.90 Å². The number of β-lactam (4-membered cyclic amide) rings is 1. The van der Waals surface area contributed by atoms with Crippen molar-refractivity contribution in [2.75, 3.05) is 19.8 Å². The summed E-state index contributed by atoms with van der Waals surface area (Å²) in [5.41, 5.74) is 3.16. The van der Waals surface area contributed by atoms with Crippen molar-refractivity contribution in [1.29, 1.82) is 0 Å². The third-order valence-electron chi connectivity index (χ3n) is 3.82. The molecule has 1 aromatic carbocycles. The summed E-state index contributed by atoms with van der Waals surface area (Å²) in [4.78, 5) is 13.5. The smallest absolute Gasteiger partial charge is 0.229 e. The third kappa shape index (κ3) is 3.23. The Labute approximate surface area is 124 Å². The summed E-state index contributed by atoms with van der Waals surface area (Å²) in [5, 5.41) is 0. The van der Waals surface area contributed by atoms with E-state index in [0.29, 0.717) is 32.8 Å². The first-order valence-corrected chi connectivity index (χ1v) is 7.14. The van der Waals surface area contributed by atoms with Gasteiger partial charge in [-0.3, -0.25) is 4.79 Å². The lowest BCUT2D eigenvalue weighted by Gasteiger charge is -2.40. The van der Waals surface area contributed by atoms with Crippen LogP contribution < -0.4 is 0 Å². The third-order valence-corrected chi connectivity index (χ3v) is 3.82. The topological polar surface area (TPSA) is 38.8 Å². The summed E-state index contributed by atoms with van der Waals surface area (Å²) in [6.07, 6.45) is 2.34. The molecule has 0 radical (unpaired) electrons. The average molecular weight is 285 g/mol. The van der Waals surface area contributed by atoms with Crippen molar-refractivity contribution < 1.29 is 14.3 Å². The Bertz CT molecular complexity index is 565. The molecule has 1 aromatic rings. The lowest BCUT2D eigenvalue weighted by molar-refractivity contribution is -0.174. The second-order valence-corrected chi connectivity index (χ2v) is 5.33. The maximum Gasteiger partial charge on any atom is 0.229 e. The number of carbonyl (C=O) groups excluding carboxylic acids is 1. The van der Waals surface area contributed by atoms with Crippen LogP contribution in [-0.2, 0) is 20.8 Å². The van der Waals surface area contributed by atoms with E-state index in [9.17, 15) is 4.79 Å². The second-order valence-electron chi connectivity index (χ2n) is 5.33. The molecule has 1 unspecified atom stereocenters. The zero-order valence-electron chi connectivity index (χ0n) is 12.0. The zero-order valence-corrected chi connectivity index (χ0v) is 12.0. The van der Waals surface area contributed by atoms with Gasteiger partial charge < -0.3 is 14.4 Å². The fourth-order valence-corrected chi connectivity index (χ4v) is 2.47. The summed E-state index contributed by atoms with van der Waals surface area (Å²) >= 11 is 0. The van der Waals surface area contributed by atoms with Crippen LogP contribution in [0.25, 0.3) is 0 Å². The molecule has 3 rings (SSSR count). The highest BCUT2D eigenvalue weighted by Gasteiger charge is 2.36. The van der Waals surface area contributed by atoms with Crippen LogP contribution in [0.2, 0.25) is 0 Å². The Morgan fingerprint density at radius 2 is 2.19 bits per heavy atom. The molecular weight excluding hydrogens is 266 g/mol. The summed E-state index contributed by atoms with van der Waals surface area (Å²) in [6, 6.07) is 9.95. The molecule has 110 valence electrons. The SMILES string of the molecule is C=C(COC1CC(=O)N1Cc1ccccc1)C1=CCOC1. The molecule has 0 bridgehead atoms. The van der Waals surface area contributed by atoms with E-state index in [0.717, 1.165) is 16.7 Å². The first kappa shape index (κ1) is 14.0. The first-order valence-electron chi connectivity index (χ1n) is 7.14. The minimum absolute atomic E-state index is 0.137. The van der Waals surface area contributed by atoms with E-state index in [1.807, 2.05) is 36.4 Å². The molecule has 0 saturated carbocycles. The highest BCUT2D eigenvalue weighted by Crippen LogP contribution is 2.24. The number of rotatable bonds is 6. The zero-order chi connectivity index (χ0) is 14.7. The van der Waals surface area contributed by atoms with E-state index in [1.165, 1.54) is 0 Å². The van der Waals surface area contributed by atoms with E-state index in [1.54, 1.807) is 4.90 Å². The molecular formula is C17H19NO3. The molecule has 1 atom stereocenters. The molecule has 2 heterocycles. The lowest BCUT2D eigenvalue weighted by atomic mass is 10.1. The quantitative estimate of drug-likeness (QED) is 0.753. The second kappa shape index (κ2) is 6.24. The Morgan fingerprint density at radius 3 is 2.86 bits per heavy atom. The van der Waals surface area contributed by atoms with Gasteiger partial charge in [0.05, 0.1) is 26.2 Å². The number of benzene rings is 1. The van der Waals surface area contributed by atoms with Gasteiger partial charge in [-0.2, -0.15) is 0 Å². The summed E-state index contributed by atoms with van der Waals surface area (Å²) in [7, 11) is 0. The molecule has 4 nitrogen and oxygen atoms in total. The Balaban J connectivity index is 1.51. The molecule has 21 heavy (non-hydrogen) atoms. The van der Waals surface area contributed by atoms with E-state index < -0.39 is 0 Å². The molecule has 0 spiro atoms. The number of amides is 1. The number of hydrogen-bond acceptors (Lipinski definition) is 3. The molecule has 0 aliphatic carbocycles. The number of likely N-dealkylation sites (tertiary alicyclic amines) is 1. The van der Waals surface area contributed by atoms with Gasteiger partial charge in [-0.05, 0) is 16.7 Å². The van der Waals surface area contributed by atoms with Crippen LogP contribution in [0.15, 0.2) is 54.1 Å². The first-order chi connectivity index (χ1) is 10.2. The van der Waals surface area contributed by atoms with Gasteiger partial charge in [0, 0.05) is 6.54 Å². The fraction of sp³-hybridized carbons (Fsp3) is 0.353. The van der Waals surface area contributed by atoms with Crippen molar-refractivity contribution in [3.05, 3.63) is 59.7 Å². The Kier molecular flexibility index (Phi) is 4.18. The minimum atomic E-state index is -0.141. The maximum absolute atomic E-state index is 11.7. The number of carbonyl (C=O) groups is 1. The lowest BCUT2D eigenvalue weighted by Crippen LogP contribution is -2.53. The highest BCUT2D eigenvalue weighted by molar-refractivity contribution is 5.82. The largest absolute Gasteiger partial charge is 0.373 e. The number of nitrogens with zero attached hydrogens (tertiary/aromatic N) is 1. The van der Waals surface area contributed by atoms with Crippen LogP contribution in [0.1, 0.15) is 12.0 Å². The van der Waals surface area contributed by atoms with Crippen LogP contribution in [-0.4, -0.2) is 36.9 Å². The summed E-state index contributed by atoms with van der Waals surface area (Å²) in [6.45, 7) is 6.32. The van der Waals surface area contributed by atoms with E-state index in [2.05, 4.69) is 6.58 Å². The number of ether oxygens (including phenoxy) is 2. The Hall–Kier alpha value is -1.91. The minimum Gasteiger partial charge on any atom is -0.373 e. The molecule has 0 aromatic heterocycles. The van der Waals surface area contributed by atoms with Gasteiger partial charge in [0.2, 0.25) is 5.91 Å². The summed E-state index contributed by atoms with van der Waals surface area (Å²) < 4.78 is 11.1. The molecule has 0 N–H and O–H groups in total. The maximum atomic E-state index is 11.7. The van der Waals surface area contributed by atoms with Crippen molar-refractivity contribution in [3.63, 3.8) is 0 Å². The van der Waals surface area contributed by atoms with Crippen molar-refractivity contribution in [3.8, 4) is 0 Å². The molecule has 1 saturated heterocycles. The van der Waals surface area contributed by atoms with Gasteiger partial charge in [-0.15, -0.1) is 0 Å². The molecule has 1 amide bonds. The van der Waals surface area contributed by atoms with E-state index in [4.69, 9.17) is 9.47 Å². The van der Waals surface area contributed by atoms with Gasteiger partial charge in [-0.1, -0.05) is 43.0 Å². The number of hydrogen-bond donors (Lipinski definition) is 0. The predicted molar refractivity (Wildman–Crippen MR) is 79.4 cm³/mol. The van der Waals surface area contributed by atoms with Gasteiger partial charge in [0.1, 0.15) is 6.23 Å². The molecule has 2 aliphatic rings. The van der Waals surface area contributed by atoms with Crippen LogP contribution in [0, 0.1) is 0 Å². The standard InChI is InChI=1S/C17H19NO3/c1-13(15-7-8-20-12-15)11-21-17-9-16(19)18(17)10-14-5-3-2-4-6-14/h2-7,17H,1,8-12H2. The van der Waals surface area contributed by atoms with Crippen LogP contribution in [0.3, 0.4) is 0 Å². The highest BCUT2D eigenvalue weighted by atomic mass is 16.5. The van der Waals surface area contributed by atoms with Crippen LogP contribution in [0.5, 0.6) is 0 Å². The van der Waals surface area contributed by atoms with Crippen molar-refractivity contribution in [2.24, 2.45) is 0 Å². The van der Waals surface area contributed by atoms with Gasteiger partial charge >= 0.3 is 0 Å². The van der Waals surface area contributed by atoms with Crippen molar-refractivity contribution >= 4 is 5.91 Å². The monoisotopic (exact) mass is 285 g/mol. The van der Waals surface area contributed by atoms with Crippen LogP contribution in [0.4, 0.5) is 0 Å². The van der Waals surface area contributed by atoms with Gasteiger partial charge in [0.15, 0.2) is 0 Å². The normalized spacial score (nSPS) is 21.1. The molecule has 4 heteroatoms.